The number of pyridine rings is 1. The van der Waals surface area contributed by atoms with Gasteiger partial charge in [0.25, 0.3) is 11.5 Å². The molecule has 2 rings (SSSR count). The lowest BCUT2D eigenvalue weighted by Gasteiger charge is -2.09. The van der Waals surface area contributed by atoms with E-state index in [1.165, 1.54) is 10.7 Å². The molecule has 0 aliphatic rings. The summed E-state index contributed by atoms with van der Waals surface area (Å²) in [5, 5.41) is 4.27. The maximum Gasteiger partial charge on any atom is 0.279 e. The Labute approximate surface area is 115 Å². The summed E-state index contributed by atoms with van der Waals surface area (Å²) in [5.41, 5.74) is 2.80. The molecule has 0 spiro atoms. The molecule has 1 amide bonds. The topological polar surface area (TPSA) is 103 Å². The molecule has 7 nitrogen and oxygen atoms in total. The van der Waals surface area contributed by atoms with Crippen molar-refractivity contribution in [1.29, 1.82) is 0 Å². The van der Waals surface area contributed by atoms with Gasteiger partial charge in [-0.05, 0) is 24.6 Å². The summed E-state index contributed by atoms with van der Waals surface area (Å²) in [4.78, 5) is 27.7. The summed E-state index contributed by atoms with van der Waals surface area (Å²) in [6, 6.07) is 4.95. The normalized spacial score (nSPS) is 10.3. The number of amides is 1. The smallest absolute Gasteiger partial charge is 0.279 e. The number of carbonyl (C=O) groups excluding carboxylic acids is 1. The molecule has 0 aliphatic heterocycles. The molecular weight excluding hydrogens is 258 g/mol. The van der Waals surface area contributed by atoms with Crippen LogP contribution in [0.2, 0.25) is 0 Å². The zero-order valence-corrected chi connectivity index (χ0v) is 11.0. The van der Waals surface area contributed by atoms with E-state index >= 15 is 0 Å². The highest BCUT2D eigenvalue weighted by molar-refractivity contribution is 5.94. The van der Waals surface area contributed by atoms with Crippen molar-refractivity contribution in [2.24, 2.45) is 5.84 Å². The highest BCUT2D eigenvalue weighted by Gasteiger charge is 2.15. The van der Waals surface area contributed by atoms with E-state index in [1.54, 1.807) is 24.5 Å². The van der Waals surface area contributed by atoms with Crippen LogP contribution in [0.15, 0.2) is 35.4 Å². The van der Waals surface area contributed by atoms with Gasteiger partial charge in [0.15, 0.2) is 0 Å². The summed E-state index contributed by atoms with van der Waals surface area (Å²) in [7, 11) is 0. The van der Waals surface area contributed by atoms with Gasteiger partial charge in [-0.15, -0.1) is 0 Å². The van der Waals surface area contributed by atoms with Gasteiger partial charge in [0.2, 0.25) is 0 Å². The molecule has 0 atom stereocenters. The summed E-state index contributed by atoms with van der Waals surface area (Å²) in [6.07, 6.45) is 3.97. The molecule has 0 unspecified atom stereocenters. The number of nitrogen functional groups attached to an aromatic ring is 1. The van der Waals surface area contributed by atoms with Crippen LogP contribution in [-0.4, -0.2) is 20.7 Å². The number of nitrogens with one attached hydrogen (secondary N) is 1. The van der Waals surface area contributed by atoms with Crippen LogP contribution in [0.25, 0.3) is 11.3 Å². The maximum absolute atomic E-state index is 12.1. The van der Waals surface area contributed by atoms with Gasteiger partial charge in [0.05, 0.1) is 5.69 Å². The lowest BCUT2D eigenvalue weighted by atomic mass is 10.1. The fraction of sp³-hybridized carbons (Fsp3) is 0.231. The minimum absolute atomic E-state index is 0.0252. The van der Waals surface area contributed by atoms with Gasteiger partial charge < -0.3 is 0 Å². The Kier molecular flexibility index (Phi) is 4.21. The molecule has 0 saturated carbocycles. The summed E-state index contributed by atoms with van der Waals surface area (Å²) in [5.74, 6) is 4.48. The Balaban J connectivity index is 2.62. The summed E-state index contributed by atoms with van der Waals surface area (Å²) < 4.78 is 1.28. The Morgan fingerprint density at radius 1 is 1.40 bits per heavy atom. The van der Waals surface area contributed by atoms with Crippen LogP contribution < -0.4 is 16.8 Å². The zero-order valence-electron chi connectivity index (χ0n) is 11.0. The van der Waals surface area contributed by atoms with E-state index in [1.807, 2.05) is 12.3 Å². The minimum atomic E-state index is -0.627. The van der Waals surface area contributed by atoms with E-state index in [-0.39, 0.29) is 5.56 Å². The van der Waals surface area contributed by atoms with Gasteiger partial charge in [0.1, 0.15) is 5.56 Å². The number of aromatic nitrogens is 3. The molecule has 0 aliphatic carbocycles. The predicted octanol–water partition coefficient (Wildman–Crippen LogP) is 0.319. The highest BCUT2D eigenvalue weighted by Crippen LogP contribution is 2.15. The molecule has 0 radical (unpaired) electrons. The molecule has 0 bridgehead atoms. The number of nitrogens with zero attached hydrogens (tertiary/aromatic N) is 3. The van der Waals surface area contributed by atoms with Gasteiger partial charge in [-0.1, -0.05) is 6.92 Å². The molecule has 2 heterocycles. The standard InChI is InChI=1S/C13H15N5O2/c1-2-7-18-13(20)10(12(19)16-14)8-11(17-18)9-3-5-15-6-4-9/h3-6,8H,2,7,14H2,1H3,(H,16,19). The Morgan fingerprint density at radius 3 is 2.70 bits per heavy atom. The third-order valence-corrected chi connectivity index (χ3v) is 2.76. The first kappa shape index (κ1) is 13.9. The third kappa shape index (κ3) is 2.72. The predicted molar refractivity (Wildman–Crippen MR) is 73.7 cm³/mol. The van der Waals surface area contributed by atoms with E-state index in [4.69, 9.17) is 5.84 Å². The van der Waals surface area contributed by atoms with Crippen molar-refractivity contribution in [2.75, 3.05) is 0 Å². The van der Waals surface area contributed by atoms with Gasteiger partial charge >= 0.3 is 0 Å². The van der Waals surface area contributed by atoms with Crippen LogP contribution >= 0.6 is 0 Å². The Morgan fingerprint density at radius 2 is 2.10 bits per heavy atom. The third-order valence-electron chi connectivity index (χ3n) is 2.76. The van der Waals surface area contributed by atoms with E-state index < -0.39 is 11.5 Å². The number of nitrogens with two attached hydrogens (primary N) is 1. The first-order chi connectivity index (χ1) is 9.67. The second kappa shape index (κ2) is 6.07. The van der Waals surface area contributed by atoms with Gasteiger partial charge in [-0.25, -0.2) is 10.5 Å². The minimum Gasteiger partial charge on any atom is -0.290 e. The van der Waals surface area contributed by atoms with Gasteiger partial charge in [-0.2, -0.15) is 5.10 Å². The second-order valence-corrected chi connectivity index (χ2v) is 4.18. The Hall–Kier alpha value is -2.54. The van der Waals surface area contributed by atoms with Gasteiger partial charge in [0, 0.05) is 24.5 Å². The number of aryl methyl sites for hydroxylation is 1. The first-order valence-corrected chi connectivity index (χ1v) is 6.21. The van der Waals surface area contributed by atoms with Gasteiger partial charge in [-0.3, -0.25) is 20.0 Å². The Bertz CT molecular complexity index is 666. The fourth-order valence-corrected chi connectivity index (χ4v) is 1.81. The van der Waals surface area contributed by atoms with Crippen LogP contribution in [0.4, 0.5) is 0 Å². The summed E-state index contributed by atoms with van der Waals surface area (Å²) in [6.45, 7) is 2.36. The molecule has 2 aromatic rings. The fourth-order valence-electron chi connectivity index (χ4n) is 1.81. The molecule has 2 aromatic heterocycles. The molecular formula is C13H15N5O2. The molecule has 3 N–H and O–H groups in total. The average Bonchev–Trinajstić information content (AvgIpc) is 2.49. The van der Waals surface area contributed by atoms with Crippen molar-refractivity contribution in [1.82, 2.24) is 20.2 Å². The summed E-state index contributed by atoms with van der Waals surface area (Å²) >= 11 is 0. The van der Waals surface area contributed by atoms with Crippen LogP contribution in [0, 0.1) is 0 Å². The lowest BCUT2D eigenvalue weighted by molar-refractivity contribution is 0.0951. The molecule has 0 aromatic carbocycles. The van der Waals surface area contributed by atoms with Crippen molar-refractivity contribution in [3.8, 4) is 11.3 Å². The molecule has 0 fully saturated rings. The zero-order chi connectivity index (χ0) is 14.5. The quantitative estimate of drug-likeness (QED) is 0.474. The van der Waals surface area contributed by atoms with Crippen molar-refractivity contribution in [3.63, 3.8) is 0 Å². The first-order valence-electron chi connectivity index (χ1n) is 6.21. The van der Waals surface area contributed by atoms with Crippen LogP contribution in [0.5, 0.6) is 0 Å². The van der Waals surface area contributed by atoms with Crippen LogP contribution in [0.3, 0.4) is 0 Å². The van der Waals surface area contributed by atoms with E-state index in [0.717, 1.165) is 12.0 Å². The molecule has 0 saturated heterocycles. The van der Waals surface area contributed by atoms with E-state index in [0.29, 0.717) is 12.2 Å². The number of hydrogen-bond acceptors (Lipinski definition) is 5. The van der Waals surface area contributed by atoms with Crippen molar-refractivity contribution in [2.45, 2.75) is 19.9 Å². The van der Waals surface area contributed by atoms with Crippen molar-refractivity contribution < 1.29 is 4.79 Å². The van der Waals surface area contributed by atoms with Crippen molar-refractivity contribution in [3.05, 3.63) is 46.5 Å². The maximum atomic E-state index is 12.1. The monoisotopic (exact) mass is 273 g/mol. The van der Waals surface area contributed by atoms with Crippen molar-refractivity contribution >= 4 is 5.91 Å². The number of rotatable bonds is 4. The highest BCUT2D eigenvalue weighted by atomic mass is 16.2. The number of hydrogen-bond donors (Lipinski definition) is 2. The average molecular weight is 273 g/mol. The molecule has 104 valence electrons. The van der Waals surface area contributed by atoms with E-state index in [2.05, 4.69) is 10.1 Å². The number of hydrazine groups is 1. The molecule has 7 heteroatoms. The lowest BCUT2D eigenvalue weighted by Crippen LogP contribution is -2.37. The largest absolute Gasteiger partial charge is 0.290 e. The van der Waals surface area contributed by atoms with E-state index in [9.17, 15) is 9.59 Å². The SMILES string of the molecule is CCCn1nc(-c2ccncc2)cc(C(=O)NN)c1=O. The van der Waals surface area contributed by atoms with Crippen LogP contribution in [-0.2, 0) is 6.54 Å². The molecule has 20 heavy (non-hydrogen) atoms. The number of carbonyl (C=O) groups is 1. The van der Waals surface area contributed by atoms with Crippen LogP contribution in [0.1, 0.15) is 23.7 Å². The second-order valence-electron chi connectivity index (χ2n) is 4.18.